The first-order chi connectivity index (χ1) is 9.34. The van der Waals surface area contributed by atoms with Crippen LogP contribution in [-0.4, -0.2) is 26.8 Å². The van der Waals surface area contributed by atoms with E-state index in [-0.39, 0.29) is 0 Å². The maximum Gasteiger partial charge on any atom is 0.161 e. The van der Waals surface area contributed by atoms with Gasteiger partial charge in [-0.1, -0.05) is 12.1 Å². The molecule has 1 aromatic carbocycles. The van der Waals surface area contributed by atoms with Crippen LogP contribution < -0.4 is 14.8 Å². The molecule has 3 nitrogen and oxygen atoms in total. The van der Waals surface area contributed by atoms with Gasteiger partial charge in [-0.05, 0) is 49.1 Å². The highest BCUT2D eigenvalue weighted by molar-refractivity contribution is 5.39. The second kappa shape index (κ2) is 5.41. The van der Waals surface area contributed by atoms with Gasteiger partial charge in [0.1, 0.15) is 6.61 Å². The molecule has 1 aromatic rings. The third-order valence-electron chi connectivity index (χ3n) is 4.42. The Balaban J connectivity index is 1.36. The van der Waals surface area contributed by atoms with Crippen molar-refractivity contribution >= 4 is 0 Å². The molecular formula is C16H23NO2. The van der Waals surface area contributed by atoms with Gasteiger partial charge in [-0.25, -0.2) is 0 Å². The van der Waals surface area contributed by atoms with Crippen LogP contribution in [0.5, 0.6) is 11.5 Å². The van der Waals surface area contributed by atoms with Crippen LogP contribution in [0.2, 0.25) is 0 Å². The van der Waals surface area contributed by atoms with E-state index in [0.29, 0.717) is 12.0 Å². The summed E-state index contributed by atoms with van der Waals surface area (Å²) in [6.45, 7) is 2.78. The fourth-order valence-corrected chi connectivity index (χ4v) is 2.89. The number of hydrogen-bond acceptors (Lipinski definition) is 3. The van der Waals surface area contributed by atoms with Crippen molar-refractivity contribution in [3.8, 4) is 11.5 Å². The van der Waals surface area contributed by atoms with Gasteiger partial charge in [0.25, 0.3) is 0 Å². The summed E-state index contributed by atoms with van der Waals surface area (Å²) in [6, 6.07) is 7.80. The normalized spacial score (nSPS) is 20.1. The van der Waals surface area contributed by atoms with E-state index in [1.54, 1.807) is 7.11 Å². The zero-order valence-corrected chi connectivity index (χ0v) is 11.7. The highest BCUT2D eigenvalue weighted by atomic mass is 16.5. The molecule has 0 unspecified atom stereocenters. The van der Waals surface area contributed by atoms with E-state index < -0.39 is 0 Å². The number of nitrogens with one attached hydrogen (secondary N) is 1. The molecule has 0 amide bonds. The summed E-state index contributed by atoms with van der Waals surface area (Å²) in [7, 11) is 1.67. The largest absolute Gasteiger partial charge is 0.493 e. The average Bonchev–Trinajstić information content (AvgIpc) is 3.30. The monoisotopic (exact) mass is 261 g/mol. The Bertz CT molecular complexity index is 425. The molecule has 19 heavy (non-hydrogen) atoms. The van der Waals surface area contributed by atoms with Gasteiger partial charge in [-0.2, -0.15) is 0 Å². The number of para-hydroxylation sites is 2. The lowest BCUT2D eigenvalue weighted by molar-refractivity contribution is 0.284. The molecule has 3 heteroatoms. The predicted molar refractivity (Wildman–Crippen MR) is 75.7 cm³/mol. The first-order valence-corrected chi connectivity index (χ1v) is 7.31. The van der Waals surface area contributed by atoms with Crippen LogP contribution in [0.15, 0.2) is 24.3 Å². The van der Waals surface area contributed by atoms with Gasteiger partial charge in [-0.3, -0.25) is 0 Å². The summed E-state index contributed by atoms with van der Waals surface area (Å²) in [5.74, 6) is 2.66. The smallest absolute Gasteiger partial charge is 0.161 e. The van der Waals surface area contributed by atoms with E-state index in [4.69, 9.17) is 9.47 Å². The molecule has 0 heterocycles. The minimum absolute atomic E-state index is 0.671. The molecule has 0 aliphatic heterocycles. The Morgan fingerprint density at radius 2 is 1.95 bits per heavy atom. The van der Waals surface area contributed by atoms with E-state index in [0.717, 1.165) is 24.0 Å². The lowest BCUT2D eigenvalue weighted by Crippen LogP contribution is -2.29. The van der Waals surface area contributed by atoms with Crippen LogP contribution in [0.3, 0.4) is 0 Å². The van der Waals surface area contributed by atoms with Gasteiger partial charge in [0.15, 0.2) is 11.5 Å². The van der Waals surface area contributed by atoms with Gasteiger partial charge in [0.05, 0.1) is 7.11 Å². The predicted octanol–water partition coefficient (Wildman–Crippen LogP) is 2.85. The van der Waals surface area contributed by atoms with Gasteiger partial charge in [0, 0.05) is 13.1 Å². The second-order valence-electron chi connectivity index (χ2n) is 5.81. The number of methoxy groups -OCH3 is 1. The molecule has 104 valence electrons. The Kier molecular flexibility index (Phi) is 3.65. The van der Waals surface area contributed by atoms with Crippen molar-refractivity contribution in [2.24, 2.45) is 11.3 Å². The van der Waals surface area contributed by atoms with Crippen molar-refractivity contribution in [2.45, 2.75) is 25.7 Å². The molecule has 2 saturated carbocycles. The van der Waals surface area contributed by atoms with Crippen molar-refractivity contribution < 1.29 is 9.47 Å². The Hall–Kier alpha value is -1.22. The second-order valence-corrected chi connectivity index (χ2v) is 5.81. The molecule has 0 atom stereocenters. The molecule has 0 spiro atoms. The zero-order valence-electron chi connectivity index (χ0n) is 11.7. The van der Waals surface area contributed by atoms with E-state index in [1.165, 1.54) is 32.2 Å². The maximum absolute atomic E-state index is 5.75. The van der Waals surface area contributed by atoms with Gasteiger partial charge < -0.3 is 14.8 Å². The summed E-state index contributed by atoms with van der Waals surface area (Å²) >= 11 is 0. The molecule has 0 saturated heterocycles. The third-order valence-corrected chi connectivity index (χ3v) is 4.42. The number of rotatable bonds is 8. The molecular weight excluding hydrogens is 238 g/mol. The number of benzene rings is 1. The Morgan fingerprint density at radius 1 is 1.21 bits per heavy atom. The summed E-state index contributed by atoms with van der Waals surface area (Å²) in [5, 5.41) is 3.55. The van der Waals surface area contributed by atoms with Crippen LogP contribution in [0, 0.1) is 11.3 Å². The van der Waals surface area contributed by atoms with Crippen LogP contribution in [0.1, 0.15) is 25.7 Å². The highest BCUT2D eigenvalue weighted by Crippen LogP contribution is 2.60. The zero-order chi connectivity index (χ0) is 13.1. The van der Waals surface area contributed by atoms with Gasteiger partial charge in [-0.15, -0.1) is 0 Å². The summed E-state index contributed by atoms with van der Waals surface area (Å²) in [6.07, 6.45) is 5.77. The van der Waals surface area contributed by atoms with Crippen LogP contribution >= 0.6 is 0 Å². The molecule has 3 rings (SSSR count). The lowest BCUT2D eigenvalue weighted by Gasteiger charge is -2.15. The van der Waals surface area contributed by atoms with Gasteiger partial charge >= 0.3 is 0 Å². The van der Waals surface area contributed by atoms with Crippen molar-refractivity contribution in [1.82, 2.24) is 5.32 Å². The van der Waals surface area contributed by atoms with Crippen molar-refractivity contribution in [3.05, 3.63) is 24.3 Å². The van der Waals surface area contributed by atoms with Crippen molar-refractivity contribution in [1.29, 1.82) is 0 Å². The summed E-state index contributed by atoms with van der Waals surface area (Å²) < 4.78 is 11.0. The highest BCUT2D eigenvalue weighted by Gasteiger charge is 2.53. The molecule has 2 aliphatic rings. The first kappa shape index (κ1) is 12.8. The molecule has 0 aromatic heterocycles. The van der Waals surface area contributed by atoms with Crippen LogP contribution in [-0.2, 0) is 0 Å². The summed E-state index contributed by atoms with van der Waals surface area (Å²) in [5.41, 5.74) is 0.671. The number of ether oxygens (including phenoxy) is 2. The number of hydrogen-bond donors (Lipinski definition) is 1. The molecule has 2 aliphatic carbocycles. The molecule has 2 fully saturated rings. The lowest BCUT2D eigenvalue weighted by atomic mass is 10.0. The van der Waals surface area contributed by atoms with Crippen LogP contribution in [0.25, 0.3) is 0 Å². The minimum atomic E-state index is 0.671. The molecule has 0 radical (unpaired) electrons. The fraction of sp³-hybridized carbons (Fsp3) is 0.625. The Labute approximate surface area is 115 Å². The molecule has 0 bridgehead atoms. The van der Waals surface area contributed by atoms with E-state index in [9.17, 15) is 0 Å². The Morgan fingerprint density at radius 3 is 2.58 bits per heavy atom. The average molecular weight is 261 g/mol. The van der Waals surface area contributed by atoms with Crippen molar-refractivity contribution in [2.75, 3.05) is 26.8 Å². The SMILES string of the molecule is COc1ccccc1OCCNCC1(C2CC2)CC1. The topological polar surface area (TPSA) is 30.5 Å². The van der Waals surface area contributed by atoms with Crippen molar-refractivity contribution in [3.63, 3.8) is 0 Å². The van der Waals surface area contributed by atoms with Gasteiger partial charge in [0.2, 0.25) is 0 Å². The van der Waals surface area contributed by atoms with E-state index in [1.807, 2.05) is 24.3 Å². The van der Waals surface area contributed by atoms with E-state index in [2.05, 4.69) is 5.32 Å². The fourth-order valence-electron chi connectivity index (χ4n) is 2.89. The summed E-state index contributed by atoms with van der Waals surface area (Å²) in [4.78, 5) is 0. The minimum Gasteiger partial charge on any atom is -0.493 e. The first-order valence-electron chi connectivity index (χ1n) is 7.31. The maximum atomic E-state index is 5.75. The van der Waals surface area contributed by atoms with E-state index >= 15 is 0 Å². The van der Waals surface area contributed by atoms with Crippen LogP contribution in [0.4, 0.5) is 0 Å². The third kappa shape index (κ3) is 3.03. The standard InChI is InChI=1S/C16H23NO2/c1-18-14-4-2-3-5-15(14)19-11-10-17-12-16(8-9-16)13-6-7-13/h2-5,13,17H,6-12H2,1H3. The molecule has 1 N–H and O–H groups in total. The quantitative estimate of drug-likeness (QED) is 0.730.